The van der Waals surface area contributed by atoms with Crippen molar-refractivity contribution in [3.05, 3.63) is 35.1 Å². The van der Waals surface area contributed by atoms with E-state index in [-0.39, 0.29) is 17.8 Å². The fourth-order valence-corrected chi connectivity index (χ4v) is 4.22. The van der Waals surface area contributed by atoms with Crippen LogP contribution in [0.2, 0.25) is 0 Å². The van der Waals surface area contributed by atoms with E-state index in [1.54, 1.807) is 7.11 Å². The minimum absolute atomic E-state index is 0.163. The van der Waals surface area contributed by atoms with Crippen molar-refractivity contribution in [3.8, 4) is 11.5 Å². The number of ether oxygens (including phenoxy) is 2. The Bertz CT molecular complexity index is 990. The van der Waals surface area contributed by atoms with Crippen molar-refractivity contribution in [1.82, 2.24) is 25.0 Å². The van der Waals surface area contributed by atoms with Gasteiger partial charge in [0, 0.05) is 19.5 Å². The van der Waals surface area contributed by atoms with Crippen LogP contribution in [0.5, 0.6) is 11.5 Å². The molecule has 0 aliphatic heterocycles. The number of aryl methyl sites for hydroxylation is 1. The van der Waals surface area contributed by atoms with Gasteiger partial charge in [-0.1, -0.05) is 36.1 Å². The molecule has 0 aliphatic rings. The molecule has 11 heteroatoms. The number of methoxy groups -OCH3 is 1. The second-order valence-corrected chi connectivity index (χ2v) is 8.43. The fourth-order valence-electron chi connectivity index (χ4n) is 2.64. The highest BCUT2D eigenvalue weighted by molar-refractivity contribution is 7.99. The highest BCUT2D eigenvalue weighted by Crippen LogP contribution is 2.26. The number of thioether (sulfide) groups is 1. The van der Waals surface area contributed by atoms with Crippen LogP contribution in [-0.4, -0.2) is 43.7 Å². The summed E-state index contributed by atoms with van der Waals surface area (Å²) in [5.41, 5.74) is 0. The van der Waals surface area contributed by atoms with Gasteiger partial charge in [0.25, 0.3) is 0 Å². The Morgan fingerprint density at radius 2 is 2.07 bits per heavy atom. The molecule has 0 bridgehead atoms. The highest BCUT2D eigenvalue weighted by atomic mass is 32.2. The third kappa shape index (κ3) is 5.70. The van der Waals surface area contributed by atoms with Crippen molar-refractivity contribution in [2.24, 2.45) is 7.05 Å². The number of aromatic nitrogens is 5. The fraction of sp³-hybridized carbons (Fsp3) is 0.421. The van der Waals surface area contributed by atoms with Gasteiger partial charge in [0.2, 0.25) is 11.0 Å². The van der Waals surface area contributed by atoms with Gasteiger partial charge in [0.15, 0.2) is 17.1 Å². The third-order valence-electron chi connectivity index (χ3n) is 4.10. The van der Waals surface area contributed by atoms with E-state index in [0.29, 0.717) is 21.9 Å². The van der Waals surface area contributed by atoms with Crippen LogP contribution in [0.25, 0.3) is 0 Å². The Morgan fingerprint density at radius 3 is 2.83 bits per heavy atom. The summed E-state index contributed by atoms with van der Waals surface area (Å²) in [6.07, 6.45) is 1.53. The van der Waals surface area contributed by atoms with Gasteiger partial charge in [-0.25, -0.2) is 0 Å². The van der Waals surface area contributed by atoms with Gasteiger partial charge in [0.1, 0.15) is 16.5 Å². The molecule has 0 fully saturated rings. The molecule has 2 aromatic heterocycles. The zero-order valence-corrected chi connectivity index (χ0v) is 18.9. The monoisotopic (exact) mass is 448 g/mol. The summed E-state index contributed by atoms with van der Waals surface area (Å²) in [5, 5.41) is 21.3. The number of carbonyl (C=O) groups is 1. The van der Waals surface area contributed by atoms with Crippen molar-refractivity contribution in [1.29, 1.82) is 0 Å². The molecule has 160 valence electrons. The number of nitrogens with zero attached hydrogens (tertiary/aromatic N) is 5. The zero-order valence-electron chi connectivity index (χ0n) is 17.3. The maximum Gasteiger partial charge on any atom is 0.236 e. The van der Waals surface area contributed by atoms with Crippen LogP contribution in [0.15, 0.2) is 29.4 Å². The van der Waals surface area contributed by atoms with Crippen molar-refractivity contribution in [2.45, 2.75) is 37.9 Å². The number of amides is 1. The third-order valence-corrected chi connectivity index (χ3v) is 6.01. The molecule has 3 rings (SSSR count). The van der Waals surface area contributed by atoms with E-state index in [9.17, 15) is 4.79 Å². The first-order valence-electron chi connectivity index (χ1n) is 9.45. The summed E-state index contributed by atoms with van der Waals surface area (Å²) in [4.78, 5) is 12.2. The number of nitrogens with one attached hydrogen (secondary N) is 1. The van der Waals surface area contributed by atoms with Gasteiger partial charge >= 0.3 is 0 Å². The minimum atomic E-state index is -0.323. The molecular weight excluding hydrogens is 424 g/mol. The van der Waals surface area contributed by atoms with Crippen molar-refractivity contribution >= 4 is 34.1 Å². The molecule has 30 heavy (non-hydrogen) atoms. The number of hydrogen-bond donors (Lipinski definition) is 1. The normalized spacial score (nSPS) is 11.9. The lowest BCUT2D eigenvalue weighted by molar-refractivity contribution is -0.113. The second kappa shape index (κ2) is 10.4. The summed E-state index contributed by atoms with van der Waals surface area (Å²) >= 11 is 2.70. The van der Waals surface area contributed by atoms with Crippen LogP contribution < -0.4 is 14.8 Å². The molecule has 9 nitrogen and oxygen atoms in total. The number of carbonyl (C=O) groups excluding carboxylic acids is 1. The Labute approximate surface area is 183 Å². The van der Waals surface area contributed by atoms with Crippen LogP contribution >= 0.6 is 23.1 Å². The smallest absolute Gasteiger partial charge is 0.236 e. The van der Waals surface area contributed by atoms with Gasteiger partial charge in [-0.3, -0.25) is 10.1 Å². The summed E-state index contributed by atoms with van der Waals surface area (Å²) in [6.45, 7) is 3.97. The summed E-state index contributed by atoms with van der Waals surface area (Å²) in [7, 11) is 3.46. The predicted octanol–water partition coefficient (Wildman–Crippen LogP) is 3.50. The van der Waals surface area contributed by atoms with Crippen molar-refractivity contribution in [2.75, 3.05) is 18.2 Å². The maximum atomic E-state index is 12.2. The molecule has 0 aliphatic carbocycles. The Kier molecular flexibility index (Phi) is 7.63. The minimum Gasteiger partial charge on any atom is -0.497 e. The number of benzene rings is 1. The average Bonchev–Trinajstić information content (AvgIpc) is 3.33. The van der Waals surface area contributed by atoms with Crippen molar-refractivity contribution < 1.29 is 14.3 Å². The van der Waals surface area contributed by atoms with E-state index in [1.165, 1.54) is 23.1 Å². The lowest BCUT2D eigenvalue weighted by Gasteiger charge is -2.14. The van der Waals surface area contributed by atoms with Crippen LogP contribution in [-0.2, 0) is 18.3 Å². The van der Waals surface area contributed by atoms with E-state index < -0.39 is 0 Å². The lowest BCUT2D eigenvalue weighted by atomic mass is 10.3. The molecule has 0 radical (unpaired) electrons. The summed E-state index contributed by atoms with van der Waals surface area (Å²) < 4.78 is 13.0. The van der Waals surface area contributed by atoms with E-state index in [4.69, 9.17) is 9.47 Å². The largest absolute Gasteiger partial charge is 0.497 e. The topological polar surface area (TPSA) is 104 Å². The molecule has 1 N–H and O–H groups in total. The molecule has 2 heterocycles. The maximum absolute atomic E-state index is 12.2. The molecule has 1 aromatic carbocycles. The van der Waals surface area contributed by atoms with Crippen LogP contribution in [0.4, 0.5) is 5.13 Å². The molecule has 0 saturated heterocycles. The van der Waals surface area contributed by atoms with Gasteiger partial charge in [0.05, 0.1) is 12.9 Å². The molecule has 1 unspecified atom stereocenters. The lowest BCUT2D eigenvalue weighted by Crippen LogP contribution is -2.14. The first kappa shape index (κ1) is 22.0. The average molecular weight is 449 g/mol. The summed E-state index contributed by atoms with van der Waals surface area (Å²) in [6, 6.07) is 7.38. The van der Waals surface area contributed by atoms with Gasteiger partial charge in [-0.15, -0.1) is 20.4 Å². The van der Waals surface area contributed by atoms with E-state index in [0.717, 1.165) is 23.6 Å². The SMILES string of the molecule is CCCc1nnc(NC(=O)CSc2nnc(C(C)Oc3cccc(OC)c3)n2C)s1. The van der Waals surface area contributed by atoms with E-state index in [1.807, 2.05) is 42.8 Å². The molecule has 0 saturated carbocycles. The quantitative estimate of drug-likeness (QED) is 0.470. The first-order chi connectivity index (χ1) is 14.5. The Balaban J connectivity index is 1.55. The Hall–Kier alpha value is -2.66. The first-order valence-corrected chi connectivity index (χ1v) is 11.2. The Morgan fingerprint density at radius 1 is 1.27 bits per heavy atom. The van der Waals surface area contributed by atoms with Crippen LogP contribution in [0, 0.1) is 0 Å². The number of anilines is 1. The van der Waals surface area contributed by atoms with Gasteiger partial charge < -0.3 is 14.0 Å². The number of rotatable bonds is 10. The van der Waals surface area contributed by atoms with Crippen molar-refractivity contribution in [3.63, 3.8) is 0 Å². The second-order valence-electron chi connectivity index (χ2n) is 6.43. The van der Waals surface area contributed by atoms with Gasteiger partial charge in [-0.2, -0.15) is 0 Å². The molecular formula is C19H24N6O3S2. The van der Waals surface area contributed by atoms with Gasteiger partial charge in [-0.05, 0) is 25.5 Å². The summed E-state index contributed by atoms with van der Waals surface area (Å²) in [5.74, 6) is 2.09. The molecule has 1 atom stereocenters. The standard InChI is InChI=1S/C19H24N6O3S2/c1-5-7-16-21-23-18(30-16)20-15(26)11-29-19-24-22-17(25(19)3)12(2)28-14-9-6-8-13(10-14)27-4/h6,8-10,12H,5,7,11H2,1-4H3,(H,20,23,26). The van der Waals surface area contributed by atoms with E-state index >= 15 is 0 Å². The van der Waals surface area contributed by atoms with Crippen LogP contribution in [0.1, 0.15) is 37.2 Å². The number of hydrogen-bond acceptors (Lipinski definition) is 9. The van der Waals surface area contributed by atoms with Crippen LogP contribution in [0.3, 0.4) is 0 Å². The molecule has 3 aromatic rings. The zero-order chi connectivity index (χ0) is 21.5. The highest BCUT2D eigenvalue weighted by Gasteiger charge is 2.18. The predicted molar refractivity (Wildman–Crippen MR) is 116 cm³/mol. The molecule has 0 spiro atoms. The molecule has 1 amide bonds. The van der Waals surface area contributed by atoms with E-state index in [2.05, 4.69) is 32.6 Å².